The molecule has 5 atom stereocenters. The van der Waals surface area contributed by atoms with Crippen molar-refractivity contribution in [3.8, 4) is 0 Å². The zero-order chi connectivity index (χ0) is 22.2. The first-order valence-electron chi connectivity index (χ1n) is 10.6. The van der Waals surface area contributed by atoms with Gasteiger partial charge in [0.25, 0.3) is 0 Å². The lowest BCUT2D eigenvalue weighted by Crippen LogP contribution is -2.61. The van der Waals surface area contributed by atoms with E-state index in [9.17, 15) is 15.3 Å². The van der Waals surface area contributed by atoms with Crippen molar-refractivity contribution in [3.63, 3.8) is 0 Å². The first-order valence-corrected chi connectivity index (χ1v) is 11.9. The molecule has 1 aromatic carbocycles. The molecule has 2 unspecified atom stereocenters. The highest BCUT2D eigenvalue weighted by atomic mass is 35.5. The second-order valence-corrected chi connectivity index (χ2v) is 9.74. The average molecular weight is 466 g/mol. The van der Waals surface area contributed by atoms with Gasteiger partial charge in [0.1, 0.15) is 18.3 Å². The van der Waals surface area contributed by atoms with Crippen molar-refractivity contribution in [1.29, 1.82) is 0 Å². The van der Waals surface area contributed by atoms with Gasteiger partial charge in [-0.05, 0) is 54.5 Å². The van der Waals surface area contributed by atoms with E-state index in [0.29, 0.717) is 29.3 Å². The predicted octanol–water partition coefficient (Wildman–Crippen LogP) is 3.55. The van der Waals surface area contributed by atoms with Crippen LogP contribution >= 0.6 is 22.9 Å². The fourth-order valence-corrected chi connectivity index (χ4v) is 5.12. The summed E-state index contributed by atoms with van der Waals surface area (Å²) in [5, 5.41) is 33.7. The molecule has 0 saturated carbocycles. The van der Waals surface area contributed by atoms with Crippen LogP contribution in [0.25, 0.3) is 0 Å². The Morgan fingerprint density at radius 2 is 2.03 bits per heavy atom. The van der Waals surface area contributed by atoms with Crippen LogP contribution in [0.1, 0.15) is 47.8 Å². The van der Waals surface area contributed by atoms with E-state index in [-0.39, 0.29) is 0 Å². The third-order valence-corrected chi connectivity index (χ3v) is 7.15. The van der Waals surface area contributed by atoms with Gasteiger partial charge in [-0.15, -0.1) is 11.3 Å². The smallest absolute Gasteiger partial charge is 0.228 e. The van der Waals surface area contributed by atoms with Crippen LogP contribution in [-0.4, -0.2) is 52.2 Å². The van der Waals surface area contributed by atoms with Gasteiger partial charge in [-0.1, -0.05) is 31.0 Å². The molecule has 168 valence electrons. The van der Waals surface area contributed by atoms with Gasteiger partial charge in [0.05, 0.1) is 6.61 Å². The van der Waals surface area contributed by atoms with E-state index < -0.39 is 36.7 Å². The Balaban J connectivity index is 1.76. The molecule has 6 nitrogen and oxygen atoms in total. The maximum atomic E-state index is 10.8. The molecule has 2 aromatic rings. The summed E-state index contributed by atoms with van der Waals surface area (Å²) in [5.74, 6) is 0.488. The SMILES string of the molecule is CCCCC1=NC2(c3ccc(Cl)c(Cc4csc(C)c4)c3)O[C@H](CO)[C@@H](O)[C@H](O)C2O1. The van der Waals surface area contributed by atoms with Gasteiger partial charge in [0, 0.05) is 21.9 Å². The zero-order valence-electron chi connectivity index (χ0n) is 17.6. The quantitative estimate of drug-likeness (QED) is 0.581. The highest BCUT2D eigenvalue weighted by Crippen LogP contribution is 2.46. The van der Waals surface area contributed by atoms with Gasteiger partial charge in [0.15, 0.2) is 12.0 Å². The summed E-state index contributed by atoms with van der Waals surface area (Å²) in [7, 11) is 0. The first kappa shape index (κ1) is 22.7. The van der Waals surface area contributed by atoms with Gasteiger partial charge in [-0.2, -0.15) is 0 Å². The third kappa shape index (κ3) is 4.27. The lowest BCUT2D eigenvalue weighted by Gasteiger charge is -2.44. The van der Waals surface area contributed by atoms with E-state index in [1.165, 1.54) is 10.4 Å². The van der Waals surface area contributed by atoms with Gasteiger partial charge < -0.3 is 24.8 Å². The molecule has 0 bridgehead atoms. The summed E-state index contributed by atoms with van der Waals surface area (Å²) in [6, 6.07) is 7.67. The van der Waals surface area contributed by atoms with E-state index in [4.69, 9.17) is 26.1 Å². The fraction of sp³-hybridized carbons (Fsp3) is 0.522. The molecule has 2 aliphatic heterocycles. The summed E-state index contributed by atoms with van der Waals surface area (Å²) in [6.45, 7) is 3.70. The van der Waals surface area contributed by atoms with Crippen LogP contribution in [0.5, 0.6) is 0 Å². The third-order valence-electron chi connectivity index (χ3n) is 5.87. The summed E-state index contributed by atoms with van der Waals surface area (Å²) in [4.78, 5) is 5.99. The molecule has 1 aromatic heterocycles. The van der Waals surface area contributed by atoms with Crippen molar-refractivity contribution in [2.75, 3.05) is 6.61 Å². The molecule has 3 heterocycles. The standard InChI is InChI=1S/C23H28ClNO5S/c1-3-4-5-19-25-23(22(29-19)21(28)20(27)18(11-26)30-23)16-6-7-17(24)15(10-16)9-14-8-13(2)31-12-14/h6-8,10,12,18,20-22,26-28H,3-5,9,11H2,1-2H3/t18-,20-,21+,22?,23?/m1/s1. The average Bonchev–Trinajstić information content (AvgIpc) is 3.34. The molecule has 4 rings (SSSR count). The number of fused-ring (bicyclic) bond motifs is 1. The normalized spacial score (nSPS) is 30.1. The van der Waals surface area contributed by atoms with Crippen LogP contribution in [0.2, 0.25) is 5.02 Å². The number of hydrogen-bond acceptors (Lipinski definition) is 7. The number of ether oxygens (including phenoxy) is 2. The molecule has 0 amide bonds. The number of benzene rings is 1. The number of nitrogens with zero attached hydrogens (tertiary/aromatic N) is 1. The van der Waals surface area contributed by atoms with Crippen LogP contribution in [0.3, 0.4) is 0 Å². The molecule has 8 heteroatoms. The lowest BCUT2D eigenvalue weighted by molar-refractivity contribution is -0.262. The van der Waals surface area contributed by atoms with Crippen LogP contribution in [0, 0.1) is 6.92 Å². The molecule has 1 saturated heterocycles. The number of aliphatic hydroxyl groups is 3. The van der Waals surface area contributed by atoms with E-state index in [0.717, 1.165) is 18.4 Å². The number of rotatable bonds is 7. The lowest BCUT2D eigenvalue weighted by atomic mass is 9.85. The van der Waals surface area contributed by atoms with Crippen molar-refractivity contribution >= 4 is 28.8 Å². The highest BCUT2D eigenvalue weighted by molar-refractivity contribution is 7.10. The minimum absolute atomic E-state index is 0.443. The van der Waals surface area contributed by atoms with Gasteiger partial charge in [0.2, 0.25) is 5.72 Å². The molecule has 0 radical (unpaired) electrons. The summed E-state index contributed by atoms with van der Waals surface area (Å²) in [5.41, 5.74) is 1.41. The van der Waals surface area contributed by atoms with Gasteiger partial charge in [-0.3, -0.25) is 0 Å². The van der Waals surface area contributed by atoms with Crippen LogP contribution in [0.15, 0.2) is 34.6 Å². The van der Waals surface area contributed by atoms with Crippen LogP contribution in [0.4, 0.5) is 0 Å². The number of unbranched alkanes of at least 4 members (excludes halogenated alkanes) is 1. The second kappa shape index (κ2) is 9.17. The first-order chi connectivity index (χ1) is 14.9. The van der Waals surface area contributed by atoms with E-state index in [1.54, 1.807) is 17.4 Å². The number of hydrogen-bond donors (Lipinski definition) is 3. The van der Waals surface area contributed by atoms with E-state index in [1.807, 2.05) is 12.1 Å². The van der Waals surface area contributed by atoms with Crippen LogP contribution in [-0.2, 0) is 21.6 Å². The Bertz CT molecular complexity index is 963. The minimum atomic E-state index is -1.35. The molecule has 2 aliphatic rings. The molecule has 0 spiro atoms. The van der Waals surface area contributed by atoms with Crippen molar-refractivity contribution in [1.82, 2.24) is 0 Å². The largest absolute Gasteiger partial charge is 0.469 e. The summed E-state index contributed by atoms with van der Waals surface area (Å²) >= 11 is 8.19. The second-order valence-electron chi connectivity index (χ2n) is 8.21. The molecule has 0 aliphatic carbocycles. The maximum Gasteiger partial charge on any atom is 0.228 e. The monoisotopic (exact) mass is 465 g/mol. The minimum Gasteiger partial charge on any atom is -0.469 e. The Kier molecular flexibility index (Phi) is 6.72. The molecule has 3 N–H and O–H groups in total. The Hall–Kier alpha value is -1.48. The van der Waals surface area contributed by atoms with Crippen molar-refractivity contribution in [3.05, 3.63) is 56.2 Å². The van der Waals surface area contributed by atoms with E-state index in [2.05, 4.69) is 25.3 Å². The van der Waals surface area contributed by atoms with Crippen LogP contribution < -0.4 is 0 Å². The maximum absolute atomic E-state index is 10.8. The Labute approximate surface area is 191 Å². The number of aryl methyl sites for hydroxylation is 1. The topological polar surface area (TPSA) is 91.5 Å². The fourth-order valence-electron chi connectivity index (χ4n) is 4.22. The number of halogens is 1. The number of thiophene rings is 1. The Morgan fingerprint density at radius 1 is 1.23 bits per heavy atom. The predicted molar refractivity (Wildman–Crippen MR) is 121 cm³/mol. The molecule has 1 fully saturated rings. The van der Waals surface area contributed by atoms with Crippen molar-refractivity contribution in [2.24, 2.45) is 4.99 Å². The number of aliphatic hydroxyl groups excluding tert-OH is 3. The Morgan fingerprint density at radius 3 is 2.71 bits per heavy atom. The van der Waals surface area contributed by atoms with Crippen molar-refractivity contribution < 1.29 is 24.8 Å². The van der Waals surface area contributed by atoms with E-state index >= 15 is 0 Å². The molecular formula is C23H28ClNO5S. The highest BCUT2D eigenvalue weighted by Gasteiger charge is 2.60. The molecule has 31 heavy (non-hydrogen) atoms. The van der Waals surface area contributed by atoms with Gasteiger partial charge in [-0.25, -0.2) is 4.99 Å². The summed E-state index contributed by atoms with van der Waals surface area (Å²) < 4.78 is 12.2. The van der Waals surface area contributed by atoms with Gasteiger partial charge >= 0.3 is 0 Å². The zero-order valence-corrected chi connectivity index (χ0v) is 19.2. The molecular weight excluding hydrogens is 438 g/mol. The number of aliphatic imine (C=N–C) groups is 1. The van der Waals surface area contributed by atoms with Crippen molar-refractivity contribution in [2.45, 2.75) is 69.7 Å². The summed E-state index contributed by atoms with van der Waals surface area (Å²) in [6.07, 6.45) is -1.31.